The SMILES string of the molecule is CC(C)(C)C1(C(C)(C)C)c2ccccc2-c2ncccc21. The van der Waals surface area contributed by atoms with Crippen LogP contribution in [0.15, 0.2) is 42.6 Å². The Kier molecular flexibility index (Phi) is 2.86. The average Bonchev–Trinajstić information content (AvgIpc) is 2.69. The Balaban J connectivity index is 2.51. The molecule has 0 N–H and O–H groups in total. The highest BCUT2D eigenvalue weighted by Gasteiger charge is 2.57. The van der Waals surface area contributed by atoms with Gasteiger partial charge in [0.05, 0.1) is 5.69 Å². The molecule has 0 saturated carbocycles. The number of rotatable bonds is 0. The summed E-state index contributed by atoms with van der Waals surface area (Å²) >= 11 is 0. The fraction of sp³-hybridized carbons (Fsp3) is 0.450. The van der Waals surface area contributed by atoms with Crippen LogP contribution in [0.4, 0.5) is 0 Å². The van der Waals surface area contributed by atoms with Gasteiger partial charge in [0.25, 0.3) is 0 Å². The molecule has 0 saturated heterocycles. The Morgan fingerprint density at radius 1 is 0.762 bits per heavy atom. The Morgan fingerprint density at radius 2 is 1.33 bits per heavy atom. The van der Waals surface area contributed by atoms with Crippen molar-refractivity contribution in [3.63, 3.8) is 0 Å². The first-order valence-corrected chi connectivity index (χ1v) is 7.76. The maximum atomic E-state index is 4.72. The zero-order valence-corrected chi connectivity index (χ0v) is 14.0. The van der Waals surface area contributed by atoms with Gasteiger partial charge < -0.3 is 0 Å². The second-order valence-electron chi connectivity index (χ2n) is 8.20. The van der Waals surface area contributed by atoms with Crippen LogP contribution in [-0.2, 0) is 5.41 Å². The lowest BCUT2D eigenvalue weighted by molar-refractivity contribution is 0.0949. The van der Waals surface area contributed by atoms with Gasteiger partial charge in [0, 0.05) is 17.2 Å². The minimum Gasteiger partial charge on any atom is -0.256 e. The van der Waals surface area contributed by atoms with Crippen LogP contribution in [0.25, 0.3) is 11.3 Å². The van der Waals surface area contributed by atoms with E-state index in [1.165, 1.54) is 16.7 Å². The molecule has 110 valence electrons. The van der Waals surface area contributed by atoms with E-state index < -0.39 is 0 Å². The number of hydrogen-bond acceptors (Lipinski definition) is 1. The van der Waals surface area contributed by atoms with Crippen molar-refractivity contribution < 1.29 is 0 Å². The van der Waals surface area contributed by atoms with Gasteiger partial charge in [-0.05, 0) is 28.0 Å². The van der Waals surface area contributed by atoms with Crippen LogP contribution >= 0.6 is 0 Å². The molecule has 0 fully saturated rings. The summed E-state index contributed by atoms with van der Waals surface area (Å²) in [7, 11) is 0. The van der Waals surface area contributed by atoms with Crippen LogP contribution in [0.3, 0.4) is 0 Å². The summed E-state index contributed by atoms with van der Waals surface area (Å²) in [6.07, 6.45) is 1.91. The van der Waals surface area contributed by atoms with Gasteiger partial charge in [-0.2, -0.15) is 0 Å². The highest BCUT2D eigenvalue weighted by Crippen LogP contribution is 2.63. The standard InChI is InChI=1S/C20H25N/c1-18(2,3)20(19(4,5)6)15-11-8-7-10-14(15)17-16(20)12-9-13-21-17/h7-13H,1-6H3. The first-order valence-electron chi connectivity index (χ1n) is 7.76. The van der Waals surface area contributed by atoms with Crippen LogP contribution in [-0.4, -0.2) is 4.98 Å². The molecule has 0 radical (unpaired) electrons. The maximum absolute atomic E-state index is 4.72. The molecular weight excluding hydrogens is 254 g/mol. The van der Waals surface area contributed by atoms with Gasteiger partial charge in [-0.3, -0.25) is 4.98 Å². The number of aromatic nitrogens is 1. The summed E-state index contributed by atoms with van der Waals surface area (Å²) in [4.78, 5) is 4.72. The number of fused-ring (bicyclic) bond motifs is 3. The maximum Gasteiger partial charge on any atom is 0.0746 e. The van der Waals surface area contributed by atoms with Crippen molar-refractivity contribution in [1.29, 1.82) is 0 Å². The second kappa shape index (κ2) is 4.19. The van der Waals surface area contributed by atoms with Gasteiger partial charge in [0.15, 0.2) is 0 Å². The van der Waals surface area contributed by atoms with Gasteiger partial charge in [-0.1, -0.05) is 71.9 Å². The minimum absolute atomic E-state index is 0.0276. The van der Waals surface area contributed by atoms with Gasteiger partial charge in [0.2, 0.25) is 0 Å². The fourth-order valence-electron chi connectivity index (χ4n) is 4.83. The molecule has 2 aromatic rings. The van der Waals surface area contributed by atoms with Crippen molar-refractivity contribution in [3.8, 4) is 11.3 Å². The van der Waals surface area contributed by atoms with E-state index in [-0.39, 0.29) is 16.2 Å². The largest absolute Gasteiger partial charge is 0.256 e. The second-order valence-corrected chi connectivity index (χ2v) is 8.20. The van der Waals surface area contributed by atoms with Crippen LogP contribution in [0, 0.1) is 10.8 Å². The van der Waals surface area contributed by atoms with E-state index in [2.05, 4.69) is 77.9 Å². The zero-order chi connectivity index (χ0) is 15.5. The number of hydrogen-bond donors (Lipinski definition) is 0. The molecule has 21 heavy (non-hydrogen) atoms. The van der Waals surface area contributed by atoms with E-state index in [1.807, 2.05) is 6.20 Å². The van der Waals surface area contributed by atoms with Crippen molar-refractivity contribution in [3.05, 3.63) is 53.7 Å². The molecule has 1 aliphatic carbocycles. The van der Waals surface area contributed by atoms with E-state index in [4.69, 9.17) is 4.98 Å². The summed E-state index contributed by atoms with van der Waals surface area (Å²) < 4.78 is 0. The van der Waals surface area contributed by atoms with E-state index in [9.17, 15) is 0 Å². The third-order valence-electron chi connectivity index (χ3n) is 5.05. The first-order chi connectivity index (χ1) is 9.71. The molecule has 1 aliphatic rings. The molecule has 0 amide bonds. The van der Waals surface area contributed by atoms with Crippen molar-refractivity contribution >= 4 is 0 Å². The lowest BCUT2D eigenvalue weighted by atomic mass is 9.50. The van der Waals surface area contributed by atoms with E-state index >= 15 is 0 Å². The normalized spacial score (nSPS) is 16.5. The molecule has 1 aromatic carbocycles. The van der Waals surface area contributed by atoms with Crippen LogP contribution in [0.1, 0.15) is 52.7 Å². The Morgan fingerprint density at radius 3 is 1.95 bits per heavy atom. The van der Waals surface area contributed by atoms with E-state index in [0.29, 0.717) is 0 Å². The molecule has 0 aliphatic heterocycles. The molecule has 1 aromatic heterocycles. The van der Waals surface area contributed by atoms with Gasteiger partial charge in [-0.25, -0.2) is 0 Å². The molecule has 0 unspecified atom stereocenters. The summed E-state index contributed by atoms with van der Waals surface area (Å²) in [5, 5.41) is 0. The molecule has 0 bridgehead atoms. The highest BCUT2D eigenvalue weighted by atomic mass is 14.7. The van der Waals surface area contributed by atoms with Crippen LogP contribution in [0.5, 0.6) is 0 Å². The van der Waals surface area contributed by atoms with E-state index in [0.717, 1.165) is 5.69 Å². The molecule has 1 heterocycles. The van der Waals surface area contributed by atoms with E-state index in [1.54, 1.807) is 0 Å². The number of nitrogens with zero attached hydrogens (tertiary/aromatic N) is 1. The Bertz CT molecular complexity index is 622. The molecule has 3 rings (SSSR count). The van der Waals surface area contributed by atoms with Gasteiger partial charge in [-0.15, -0.1) is 0 Å². The third kappa shape index (κ3) is 1.67. The fourth-order valence-corrected chi connectivity index (χ4v) is 4.83. The Labute approximate surface area is 128 Å². The molecule has 0 atom stereocenters. The lowest BCUT2D eigenvalue weighted by Crippen LogP contribution is -2.49. The highest BCUT2D eigenvalue weighted by molar-refractivity contribution is 5.79. The average molecular weight is 279 g/mol. The number of benzene rings is 1. The summed E-state index contributed by atoms with van der Waals surface area (Å²) in [5.74, 6) is 0. The molecular formula is C20H25N. The Hall–Kier alpha value is -1.63. The van der Waals surface area contributed by atoms with Crippen molar-refractivity contribution in [1.82, 2.24) is 4.98 Å². The lowest BCUT2D eigenvalue weighted by Gasteiger charge is -2.53. The summed E-state index contributed by atoms with van der Waals surface area (Å²) in [6.45, 7) is 14.1. The minimum atomic E-state index is -0.0276. The predicted molar refractivity (Wildman–Crippen MR) is 89.4 cm³/mol. The van der Waals surface area contributed by atoms with Crippen molar-refractivity contribution in [2.24, 2.45) is 10.8 Å². The monoisotopic (exact) mass is 279 g/mol. The first kappa shape index (κ1) is 14.3. The molecule has 1 nitrogen and oxygen atoms in total. The predicted octanol–water partition coefficient (Wildman–Crippen LogP) is 5.44. The summed E-state index contributed by atoms with van der Waals surface area (Å²) in [5.41, 5.74) is 5.46. The van der Waals surface area contributed by atoms with Crippen LogP contribution in [0.2, 0.25) is 0 Å². The summed E-state index contributed by atoms with van der Waals surface area (Å²) in [6, 6.07) is 13.2. The smallest absolute Gasteiger partial charge is 0.0746 e. The van der Waals surface area contributed by atoms with Crippen LogP contribution < -0.4 is 0 Å². The third-order valence-corrected chi connectivity index (χ3v) is 5.05. The quantitative estimate of drug-likeness (QED) is 0.625. The molecule has 1 heteroatoms. The van der Waals surface area contributed by atoms with Crippen molar-refractivity contribution in [2.75, 3.05) is 0 Å². The topological polar surface area (TPSA) is 12.9 Å². The van der Waals surface area contributed by atoms with Gasteiger partial charge in [0.1, 0.15) is 0 Å². The van der Waals surface area contributed by atoms with Crippen molar-refractivity contribution in [2.45, 2.75) is 47.0 Å². The van der Waals surface area contributed by atoms with Gasteiger partial charge >= 0.3 is 0 Å². The molecule has 0 spiro atoms. The zero-order valence-electron chi connectivity index (χ0n) is 14.0. The number of pyridine rings is 1.